The van der Waals surface area contributed by atoms with Crippen molar-refractivity contribution in [2.24, 2.45) is 0 Å². The first-order valence-corrected chi connectivity index (χ1v) is 11.6. The summed E-state index contributed by atoms with van der Waals surface area (Å²) in [6.45, 7) is 8.23. The van der Waals surface area contributed by atoms with E-state index >= 15 is 0 Å². The van der Waals surface area contributed by atoms with Crippen LogP contribution in [0.5, 0.6) is 0 Å². The van der Waals surface area contributed by atoms with Crippen LogP contribution < -0.4 is 10.2 Å². The standard InChI is InChI=1S/C25H31N3O3S/c1-18(26-24(30)31-25(2,3)4)16-32-23-14-21-20(13-22(23)27(5)17-29)11-12-28(21)15-19-9-7-6-8-10-19/h6-14,17-18H,15-16H2,1-5H3,(H,26,30)/t18-/m1/s1. The number of hydrogen-bond donors (Lipinski definition) is 1. The summed E-state index contributed by atoms with van der Waals surface area (Å²) in [6, 6.07) is 16.5. The summed E-state index contributed by atoms with van der Waals surface area (Å²) in [5, 5.41) is 3.95. The van der Waals surface area contributed by atoms with Crippen LogP contribution in [0.1, 0.15) is 33.3 Å². The minimum absolute atomic E-state index is 0.101. The van der Waals surface area contributed by atoms with Gasteiger partial charge in [0.2, 0.25) is 6.41 Å². The van der Waals surface area contributed by atoms with Crippen LogP contribution in [0.25, 0.3) is 10.9 Å². The van der Waals surface area contributed by atoms with Gasteiger partial charge in [-0.2, -0.15) is 0 Å². The second-order valence-corrected chi connectivity index (χ2v) is 9.94. The summed E-state index contributed by atoms with van der Waals surface area (Å²) in [6.07, 6.45) is 2.46. The normalized spacial score (nSPS) is 12.4. The Morgan fingerprint density at radius 3 is 2.59 bits per heavy atom. The van der Waals surface area contributed by atoms with Crippen molar-refractivity contribution in [1.29, 1.82) is 0 Å². The summed E-state index contributed by atoms with van der Waals surface area (Å²) in [4.78, 5) is 26.1. The average Bonchev–Trinajstić information content (AvgIpc) is 3.12. The van der Waals surface area contributed by atoms with Crippen molar-refractivity contribution in [3.8, 4) is 0 Å². The maximum absolute atomic E-state index is 12.1. The number of nitrogens with zero attached hydrogens (tertiary/aromatic N) is 2. The van der Waals surface area contributed by atoms with Gasteiger partial charge in [-0.15, -0.1) is 11.8 Å². The quantitative estimate of drug-likeness (QED) is 0.372. The number of aromatic nitrogens is 1. The van der Waals surface area contributed by atoms with Crippen LogP contribution >= 0.6 is 11.8 Å². The van der Waals surface area contributed by atoms with E-state index in [4.69, 9.17) is 4.74 Å². The van der Waals surface area contributed by atoms with E-state index in [9.17, 15) is 9.59 Å². The molecule has 3 aromatic rings. The van der Waals surface area contributed by atoms with Gasteiger partial charge >= 0.3 is 6.09 Å². The van der Waals surface area contributed by atoms with E-state index in [1.807, 2.05) is 52.0 Å². The van der Waals surface area contributed by atoms with Gasteiger partial charge in [-0.25, -0.2) is 4.79 Å². The molecule has 6 nitrogen and oxygen atoms in total. The number of alkyl carbamates (subject to hydrolysis) is 1. The Balaban J connectivity index is 1.81. The Hall–Kier alpha value is -2.93. The van der Waals surface area contributed by atoms with Crippen LogP contribution in [0.15, 0.2) is 59.6 Å². The number of fused-ring (bicyclic) bond motifs is 1. The molecule has 2 amide bonds. The molecule has 0 aliphatic heterocycles. The fraction of sp³-hybridized carbons (Fsp3) is 0.360. The molecule has 0 bridgehead atoms. The highest BCUT2D eigenvalue weighted by Crippen LogP contribution is 2.34. The van der Waals surface area contributed by atoms with Crippen LogP contribution in [0.4, 0.5) is 10.5 Å². The smallest absolute Gasteiger partial charge is 0.407 e. The lowest BCUT2D eigenvalue weighted by Gasteiger charge is -2.22. The molecular formula is C25H31N3O3S. The number of hydrogen-bond acceptors (Lipinski definition) is 4. The third kappa shape index (κ3) is 6.29. The molecule has 1 atom stereocenters. The highest BCUT2D eigenvalue weighted by Gasteiger charge is 2.19. The Labute approximate surface area is 193 Å². The van der Waals surface area contributed by atoms with Crippen LogP contribution in [0.3, 0.4) is 0 Å². The van der Waals surface area contributed by atoms with E-state index in [1.165, 1.54) is 5.56 Å². The predicted molar refractivity (Wildman–Crippen MR) is 132 cm³/mol. The number of benzene rings is 2. The van der Waals surface area contributed by atoms with Gasteiger partial charge in [0, 0.05) is 47.4 Å². The molecular weight excluding hydrogens is 422 g/mol. The van der Waals surface area contributed by atoms with Crippen molar-refractivity contribution in [1.82, 2.24) is 9.88 Å². The van der Waals surface area contributed by atoms with Gasteiger partial charge in [-0.05, 0) is 51.5 Å². The highest BCUT2D eigenvalue weighted by atomic mass is 32.2. The molecule has 1 heterocycles. The SMILES string of the molecule is C[C@H](CSc1cc2c(ccn2Cc2ccccc2)cc1N(C)C=O)NC(=O)OC(C)(C)C. The molecule has 0 saturated carbocycles. The van der Waals surface area contributed by atoms with Crippen molar-refractivity contribution in [2.45, 2.75) is 50.8 Å². The largest absolute Gasteiger partial charge is 0.444 e. The Morgan fingerprint density at radius 2 is 1.94 bits per heavy atom. The number of carbonyl (C=O) groups excluding carboxylic acids is 2. The molecule has 1 aromatic heterocycles. The fourth-order valence-corrected chi connectivity index (χ4v) is 4.40. The van der Waals surface area contributed by atoms with Crippen LogP contribution in [0.2, 0.25) is 0 Å². The number of nitrogens with one attached hydrogen (secondary N) is 1. The van der Waals surface area contributed by atoms with E-state index in [1.54, 1.807) is 23.7 Å². The minimum Gasteiger partial charge on any atom is -0.444 e. The van der Waals surface area contributed by atoms with E-state index in [2.05, 4.69) is 40.3 Å². The second-order valence-electron chi connectivity index (χ2n) is 8.88. The van der Waals surface area contributed by atoms with Crippen LogP contribution in [-0.4, -0.2) is 41.5 Å². The summed E-state index contributed by atoms with van der Waals surface area (Å²) >= 11 is 1.61. The molecule has 0 unspecified atom stereocenters. The Bertz CT molecular complexity index is 1070. The zero-order chi connectivity index (χ0) is 23.3. The molecule has 0 radical (unpaired) electrons. The number of ether oxygens (including phenoxy) is 1. The van der Waals surface area contributed by atoms with Crippen molar-refractivity contribution >= 4 is 40.9 Å². The first-order valence-electron chi connectivity index (χ1n) is 10.6. The molecule has 3 rings (SSSR count). The van der Waals surface area contributed by atoms with Crippen molar-refractivity contribution in [3.05, 3.63) is 60.3 Å². The first-order chi connectivity index (χ1) is 15.2. The molecule has 32 heavy (non-hydrogen) atoms. The topological polar surface area (TPSA) is 63.6 Å². The van der Waals surface area contributed by atoms with Gasteiger partial charge in [-0.3, -0.25) is 4.79 Å². The van der Waals surface area contributed by atoms with Gasteiger partial charge in [0.25, 0.3) is 0 Å². The van der Waals surface area contributed by atoms with Crippen molar-refractivity contribution < 1.29 is 14.3 Å². The number of thioether (sulfide) groups is 1. The molecule has 170 valence electrons. The average molecular weight is 454 g/mol. The van der Waals surface area contributed by atoms with Crippen LogP contribution in [0, 0.1) is 0 Å². The van der Waals surface area contributed by atoms with Crippen molar-refractivity contribution in [2.75, 3.05) is 17.7 Å². The lowest BCUT2D eigenvalue weighted by Crippen LogP contribution is -2.38. The van der Waals surface area contributed by atoms with E-state index < -0.39 is 11.7 Å². The van der Waals surface area contributed by atoms with Gasteiger partial charge in [0.1, 0.15) is 5.60 Å². The Morgan fingerprint density at radius 1 is 1.22 bits per heavy atom. The van der Waals surface area contributed by atoms with E-state index in [0.717, 1.165) is 34.4 Å². The number of carbonyl (C=O) groups is 2. The lowest BCUT2D eigenvalue weighted by molar-refractivity contribution is -0.107. The third-order valence-corrected chi connectivity index (χ3v) is 6.14. The zero-order valence-corrected chi connectivity index (χ0v) is 20.1. The van der Waals surface area contributed by atoms with Gasteiger partial charge < -0.3 is 19.5 Å². The van der Waals surface area contributed by atoms with Crippen LogP contribution in [-0.2, 0) is 16.1 Å². The molecule has 7 heteroatoms. The number of anilines is 1. The predicted octanol–water partition coefficient (Wildman–Crippen LogP) is 5.29. The molecule has 0 aliphatic carbocycles. The summed E-state index contributed by atoms with van der Waals surface area (Å²) in [7, 11) is 1.75. The molecule has 0 spiro atoms. The first kappa shape index (κ1) is 23.7. The van der Waals surface area contributed by atoms with Gasteiger partial charge in [0.05, 0.1) is 5.69 Å². The molecule has 1 N–H and O–H groups in total. The molecule has 0 saturated heterocycles. The summed E-state index contributed by atoms with van der Waals surface area (Å²) in [5.41, 5.74) is 2.64. The fourth-order valence-electron chi connectivity index (χ4n) is 3.34. The molecule has 0 aliphatic rings. The van der Waals surface area contributed by atoms with Gasteiger partial charge in [0.15, 0.2) is 0 Å². The second kappa shape index (κ2) is 10.1. The third-order valence-electron chi connectivity index (χ3n) is 4.84. The van der Waals surface area contributed by atoms with Gasteiger partial charge in [-0.1, -0.05) is 30.3 Å². The Kier molecular flexibility index (Phi) is 7.51. The number of amides is 2. The summed E-state index contributed by atoms with van der Waals surface area (Å²) in [5.74, 6) is 0.643. The lowest BCUT2D eigenvalue weighted by atomic mass is 10.2. The van der Waals surface area contributed by atoms with E-state index in [0.29, 0.717) is 5.75 Å². The number of rotatable bonds is 8. The highest BCUT2D eigenvalue weighted by molar-refractivity contribution is 7.99. The maximum Gasteiger partial charge on any atom is 0.407 e. The minimum atomic E-state index is -0.536. The van der Waals surface area contributed by atoms with Crippen molar-refractivity contribution in [3.63, 3.8) is 0 Å². The molecule has 0 fully saturated rings. The monoisotopic (exact) mass is 453 g/mol. The zero-order valence-electron chi connectivity index (χ0n) is 19.3. The van der Waals surface area contributed by atoms with E-state index in [-0.39, 0.29) is 6.04 Å². The maximum atomic E-state index is 12.1. The molecule has 2 aromatic carbocycles. The summed E-state index contributed by atoms with van der Waals surface area (Å²) < 4.78 is 7.55.